The van der Waals surface area contributed by atoms with Crippen LogP contribution in [0, 0.1) is 23.5 Å². The maximum absolute atomic E-state index is 14.6. The number of carbonyl (C=O) groups is 5. The van der Waals surface area contributed by atoms with E-state index in [1.54, 1.807) is 49.9 Å². The van der Waals surface area contributed by atoms with E-state index in [0.29, 0.717) is 72.7 Å². The molecule has 2 aliphatic heterocycles. The number of benzene rings is 2. The van der Waals surface area contributed by atoms with Crippen LogP contribution in [0.3, 0.4) is 0 Å². The third kappa shape index (κ3) is 10.1. The molecule has 6 atom stereocenters. The van der Waals surface area contributed by atoms with Gasteiger partial charge in [0.05, 0.1) is 47.0 Å². The number of likely N-dealkylation sites (tertiary alicyclic amines) is 2. The number of Topliss-reactive ketones (excluding diaryl/α,β-unsaturated/α-hetero) is 1. The summed E-state index contributed by atoms with van der Waals surface area (Å²) in [6.45, 7) is 12.6. The predicted octanol–water partition coefficient (Wildman–Crippen LogP) is 3.50. The first kappa shape index (κ1) is 46.2. The number of rotatable bonds is 18. The fourth-order valence-electron chi connectivity index (χ4n) is 8.65. The molecule has 0 saturated carbocycles. The van der Waals surface area contributed by atoms with E-state index in [-0.39, 0.29) is 66.2 Å². The maximum Gasteiger partial charge on any atom is 0.245 e. The summed E-state index contributed by atoms with van der Waals surface area (Å²) >= 11 is 0. The van der Waals surface area contributed by atoms with Crippen molar-refractivity contribution in [2.75, 3.05) is 27.2 Å². The molecule has 4 N–H and O–H groups in total. The van der Waals surface area contributed by atoms with Crippen LogP contribution in [0.1, 0.15) is 78.9 Å². The fourth-order valence-corrected chi connectivity index (χ4v) is 8.65. The number of amides is 4. The average molecular weight is 861 g/mol. The smallest absolute Gasteiger partial charge is 0.245 e. The summed E-state index contributed by atoms with van der Waals surface area (Å²) in [5.74, 6) is -1.62. The Kier molecular flexibility index (Phi) is 14.8. The Bertz CT molecular complexity index is 2130. The van der Waals surface area contributed by atoms with Gasteiger partial charge in [-0.3, -0.25) is 24.0 Å². The molecule has 2 saturated heterocycles. The van der Waals surface area contributed by atoms with E-state index in [0.717, 1.165) is 12.8 Å². The van der Waals surface area contributed by atoms with E-state index in [9.17, 15) is 32.8 Å². The lowest BCUT2D eigenvalue weighted by Crippen LogP contribution is -2.55. The Hall–Kier alpha value is -5.29. The predicted molar refractivity (Wildman–Crippen MR) is 232 cm³/mol. The van der Waals surface area contributed by atoms with Gasteiger partial charge in [-0.25, -0.2) is 18.7 Å². The van der Waals surface area contributed by atoms with Crippen LogP contribution >= 0.6 is 0 Å². The van der Waals surface area contributed by atoms with Crippen molar-refractivity contribution in [1.82, 2.24) is 50.2 Å². The van der Waals surface area contributed by atoms with Crippen LogP contribution in [0.15, 0.2) is 36.4 Å². The molecule has 0 unspecified atom stereocenters. The third-order valence-electron chi connectivity index (χ3n) is 12.5. The molecular weight excluding hydrogens is 799 g/mol. The van der Waals surface area contributed by atoms with Gasteiger partial charge >= 0.3 is 0 Å². The Balaban J connectivity index is 1.25. The SMILES string of the molecule is CN[C@H](C)C(=O)N[C@@H](C(=O)N1CCC[C@H]1Cn1c(CC(=O)Cc2nc3cc(F)ccc3n2C[C@@H]2CCCN2C(=O)[C@H](NC(=O)[C@@H](C)NC)C(C)C)nc2cc(F)ccc21)C(C)C. The van der Waals surface area contributed by atoms with Crippen LogP contribution in [-0.4, -0.2) is 122 Å². The van der Waals surface area contributed by atoms with Crippen LogP contribution in [-0.2, 0) is 49.9 Å². The van der Waals surface area contributed by atoms with E-state index in [1.165, 1.54) is 24.3 Å². The molecule has 0 radical (unpaired) electrons. The minimum atomic E-state index is -0.736. The van der Waals surface area contributed by atoms with Crippen LogP contribution in [0.2, 0.25) is 0 Å². The second-order valence-electron chi connectivity index (χ2n) is 17.6. The van der Waals surface area contributed by atoms with Crippen LogP contribution in [0.5, 0.6) is 0 Å². The Morgan fingerprint density at radius 3 is 1.39 bits per heavy atom. The van der Waals surface area contributed by atoms with Crippen molar-refractivity contribution in [2.24, 2.45) is 11.8 Å². The van der Waals surface area contributed by atoms with Crippen molar-refractivity contribution in [1.29, 1.82) is 0 Å². The van der Waals surface area contributed by atoms with E-state index >= 15 is 0 Å². The van der Waals surface area contributed by atoms with Gasteiger partial charge in [-0.05, 0) is 89.7 Å². The molecule has 2 aliphatic rings. The number of hydrogen-bond acceptors (Lipinski definition) is 9. The quantitative estimate of drug-likeness (QED) is 0.117. The molecule has 17 heteroatoms. The second-order valence-corrected chi connectivity index (χ2v) is 17.6. The van der Waals surface area contributed by atoms with Gasteiger partial charge in [-0.15, -0.1) is 0 Å². The van der Waals surface area contributed by atoms with E-state index < -0.39 is 35.8 Å². The van der Waals surface area contributed by atoms with Crippen LogP contribution in [0.4, 0.5) is 8.78 Å². The van der Waals surface area contributed by atoms with Crippen LogP contribution in [0.25, 0.3) is 22.1 Å². The third-order valence-corrected chi connectivity index (χ3v) is 12.5. The van der Waals surface area contributed by atoms with Crippen molar-refractivity contribution >= 4 is 51.5 Å². The maximum atomic E-state index is 14.6. The average Bonchev–Trinajstić information content (AvgIpc) is 4.03. The van der Waals surface area contributed by atoms with E-state index in [1.807, 2.05) is 36.8 Å². The lowest BCUT2D eigenvalue weighted by molar-refractivity contribution is -0.139. The Morgan fingerprint density at radius 1 is 0.645 bits per heavy atom. The van der Waals surface area contributed by atoms with Gasteiger partial charge in [0.25, 0.3) is 0 Å². The van der Waals surface area contributed by atoms with Gasteiger partial charge in [0.1, 0.15) is 41.2 Å². The first-order valence-electron chi connectivity index (χ1n) is 21.9. The number of hydrogen-bond donors (Lipinski definition) is 4. The summed E-state index contributed by atoms with van der Waals surface area (Å²) in [6.07, 6.45) is 2.62. The zero-order valence-corrected chi connectivity index (χ0v) is 37.1. The molecular formula is C45H62F2N10O5. The normalized spacial score (nSPS) is 18.8. The molecule has 4 aromatic rings. The first-order valence-corrected chi connectivity index (χ1v) is 21.9. The van der Waals surface area contributed by atoms with Gasteiger partial charge < -0.3 is 40.2 Å². The van der Waals surface area contributed by atoms with Gasteiger partial charge in [0.2, 0.25) is 23.6 Å². The van der Waals surface area contributed by atoms with Crippen molar-refractivity contribution < 1.29 is 32.8 Å². The van der Waals surface area contributed by atoms with E-state index in [2.05, 4.69) is 21.3 Å². The number of aromatic nitrogens is 4. The first-order chi connectivity index (χ1) is 29.5. The number of ketones is 1. The Labute approximate surface area is 361 Å². The highest BCUT2D eigenvalue weighted by Crippen LogP contribution is 2.28. The summed E-state index contributed by atoms with van der Waals surface area (Å²) < 4.78 is 32.9. The van der Waals surface area contributed by atoms with Crippen molar-refractivity contribution in [3.05, 3.63) is 59.7 Å². The molecule has 2 aromatic carbocycles. The van der Waals surface area contributed by atoms with Gasteiger partial charge in [-0.2, -0.15) is 0 Å². The summed E-state index contributed by atoms with van der Waals surface area (Å²) in [4.78, 5) is 81.1. The molecule has 0 spiro atoms. The highest BCUT2D eigenvalue weighted by atomic mass is 19.1. The molecule has 2 fully saturated rings. The second kappa shape index (κ2) is 19.8. The number of fused-ring (bicyclic) bond motifs is 2. The van der Waals surface area contributed by atoms with Crippen LogP contribution < -0.4 is 21.3 Å². The van der Waals surface area contributed by atoms with Gasteiger partial charge in [-0.1, -0.05) is 27.7 Å². The molecule has 4 amide bonds. The van der Waals surface area contributed by atoms with Crippen molar-refractivity contribution in [3.8, 4) is 0 Å². The van der Waals surface area contributed by atoms with Crippen molar-refractivity contribution in [2.45, 2.75) is 129 Å². The van der Waals surface area contributed by atoms with Gasteiger partial charge in [0.15, 0.2) is 0 Å². The lowest BCUT2D eigenvalue weighted by atomic mass is 10.0. The molecule has 62 heavy (non-hydrogen) atoms. The van der Waals surface area contributed by atoms with Gasteiger partial charge in [0, 0.05) is 50.4 Å². The minimum absolute atomic E-state index is 0.129. The highest BCUT2D eigenvalue weighted by Gasteiger charge is 2.38. The monoisotopic (exact) mass is 860 g/mol. The zero-order chi connectivity index (χ0) is 45.0. The number of carbonyl (C=O) groups excluding carboxylic acids is 5. The number of nitrogens with zero attached hydrogens (tertiary/aromatic N) is 6. The number of likely N-dealkylation sites (N-methyl/N-ethyl adjacent to an activating group) is 2. The molecule has 2 aromatic heterocycles. The lowest BCUT2D eigenvalue weighted by Gasteiger charge is -2.32. The molecule has 4 heterocycles. The molecule has 336 valence electrons. The highest BCUT2D eigenvalue weighted by molar-refractivity contribution is 5.91. The Morgan fingerprint density at radius 2 is 1.03 bits per heavy atom. The van der Waals surface area contributed by atoms with Crippen molar-refractivity contribution in [3.63, 3.8) is 0 Å². The molecule has 6 rings (SSSR count). The summed E-state index contributed by atoms with van der Waals surface area (Å²) in [6, 6.07) is 5.61. The fraction of sp³-hybridized carbons (Fsp3) is 0.578. The number of imidazole rings is 2. The summed E-state index contributed by atoms with van der Waals surface area (Å²) in [7, 11) is 3.37. The summed E-state index contributed by atoms with van der Waals surface area (Å²) in [5.41, 5.74) is 1.99. The largest absolute Gasteiger partial charge is 0.343 e. The minimum Gasteiger partial charge on any atom is -0.343 e. The summed E-state index contributed by atoms with van der Waals surface area (Å²) in [5, 5.41) is 11.7. The molecule has 0 aliphatic carbocycles. The molecule has 15 nitrogen and oxygen atoms in total. The standard InChI is InChI=1S/C45H62F2N10O5/c1-25(2)40(52-42(59)27(5)48-7)44(61)54-17-9-11-31(54)23-56-36-15-13-29(46)19-34(36)50-38(56)21-33(58)22-39-51-35-20-30(47)14-16-37(35)57(39)24-32-12-10-18-55(32)45(62)41(26(3)4)53-43(60)28(6)49-8/h13-16,19-20,25-28,31-32,40-41,48-49H,9-12,17-18,21-24H2,1-8H3,(H,52,59)(H,53,60)/t27-,28-,31+,32+,40-,41-/m1/s1. The zero-order valence-electron chi connectivity index (χ0n) is 37.1. The topological polar surface area (TPSA) is 176 Å². The number of nitrogens with one attached hydrogen (secondary N) is 4. The number of halogens is 2. The van der Waals surface area contributed by atoms with E-state index in [4.69, 9.17) is 9.97 Å². The molecule has 0 bridgehead atoms.